The third-order valence-corrected chi connectivity index (χ3v) is 1.06. The Hall–Kier alpha value is -1.51. The van der Waals surface area contributed by atoms with E-state index in [1.165, 1.54) is 0 Å². The molecule has 0 radical (unpaired) electrons. The number of carbonyl (C=O) groups is 1. The SMILES string of the molecule is Nc1ccc(OC=O)cc1. The van der Waals surface area contributed by atoms with Gasteiger partial charge in [-0.3, -0.25) is 4.79 Å². The zero-order valence-corrected chi connectivity index (χ0v) is 5.28. The Morgan fingerprint density at radius 3 is 2.40 bits per heavy atom. The van der Waals surface area contributed by atoms with E-state index in [0.717, 1.165) is 0 Å². The Labute approximate surface area is 58.4 Å². The van der Waals surface area contributed by atoms with Crippen molar-refractivity contribution >= 4 is 12.2 Å². The van der Waals surface area contributed by atoms with Crippen LogP contribution < -0.4 is 10.5 Å². The zero-order valence-electron chi connectivity index (χ0n) is 5.28. The second kappa shape index (κ2) is 2.87. The quantitative estimate of drug-likeness (QED) is 0.484. The third-order valence-electron chi connectivity index (χ3n) is 1.06. The first-order chi connectivity index (χ1) is 4.83. The summed E-state index contributed by atoms with van der Waals surface area (Å²) in [4.78, 5) is 9.81. The van der Waals surface area contributed by atoms with Crippen LogP contribution >= 0.6 is 0 Å². The van der Waals surface area contributed by atoms with E-state index < -0.39 is 0 Å². The monoisotopic (exact) mass is 137 g/mol. The lowest BCUT2D eigenvalue weighted by Crippen LogP contribution is -1.88. The number of anilines is 1. The molecule has 0 aromatic heterocycles. The molecule has 0 saturated carbocycles. The normalized spacial score (nSPS) is 8.80. The zero-order chi connectivity index (χ0) is 7.40. The van der Waals surface area contributed by atoms with Crippen LogP contribution in [0.25, 0.3) is 0 Å². The Bertz CT molecular complexity index is 218. The van der Waals surface area contributed by atoms with Crippen molar-refractivity contribution in [3.63, 3.8) is 0 Å². The second-order valence-electron chi connectivity index (χ2n) is 1.78. The molecule has 0 bridgehead atoms. The predicted octanol–water partition coefficient (Wildman–Crippen LogP) is 0.804. The van der Waals surface area contributed by atoms with Crippen LogP contribution in [-0.2, 0) is 4.79 Å². The maximum Gasteiger partial charge on any atom is 0.298 e. The van der Waals surface area contributed by atoms with Gasteiger partial charge in [0.2, 0.25) is 0 Å². The lowest BCUT2D eigenvalue weighted by molar-refractivity contribution is -0.120. The first-order valence-corrected chi connectivity index (χ1v) is 2.79. The lowest BCUT2D eigenvalue weighted by Gasteiger charge is -1.95. The molecule has 0 fully saturated rings. The first kappa shape index (κ1) is 6.61. The number of benzene rings is 1. The summed E-state index contributed by atoms with van der Waals surface area (Å²) in [6, 6.07) is 6.59. The summed E-state index contributed by atoms with van der Waals surface area (Å²) in [6.45, 7) is 0.380. The smallest absolute Gasteiger partial charge is 0.298 e. The highest BCUT2D eigenvalue weighted by atomic mass is 16.5. The van der Waals surface area contributed by atoms with Crippen LogP contribution in [0, 0.1) is 0 Å². The molecule has 2 N–H and O–H groups in total. The summed E-state index contributed by atoms with van der Waals surface area (Å²) in [5.41, 5.74) is 6.03. The van der Waals surface area contributed by atoms with E-state index in [4.69, 9.17) is 5.73 Å². The fourth-order valence-electron chi connectivity index (χ4n) is 0.602. The highest BCUT2D eigenvalue weighted by Crippen LogP contribution is 2.11. The molecule has 0 amide bonds. The van der Waals surface area contributed by atoms with Crippen molar-refractivity contribution in [1.29, 1.82) is 0 Å². The van der Waals surface area contributed by atoms with Gasteiger partial charge in [-0.2, -0.15) is 0 Å². The van der Waals surface area contributed by atoms with Gasteiger partial charge in [-0.1, -0.05) is 0 Å². The Morgan fingerprint density at radius 2 is 1.90 bits per heavy atom. The predicted molar refractivity (Wildman–Crippen MR) is 37.5 cm³/mol. The number of carbonyl (C=O) groups excluding carboxylic acids is 1. The van der Waals surface area contributed by atoms with Crippen molar-refractivity contribution in [2.75, 3.05) is 5.73 Å². The molecule has 0 saturated heterocycles. The molecule has 0 heterocycles. The number of ether oxygens (including phenoxy) is 1. The average Bonchev–Trinajstić information content (AvgIpc) is 1.95. The molecule has 52 valence electrons. The summed E-state index contributed by atoms with van der Waals surface area (Å²) < 4.78 is 4.52. The van der Waals surface area contributed by atoms with E-state index in [2.05, 4.69) is 4.74 Å². The maximum absolute atomic E-state index is 9.81. The Kier molecular flexibility index (Phi) is 1.89. The fraction of sp³-hybridized carbons (Fsp3) is 0. The molecule has 0 unspecified atom stereocenters. The number of rotatable bonds is 2. The summed E-state index contributed by atoms with van der Waals surface area (Å²) >= 11 is 0. The van der Waals surface area contributed by atoms with Crippen LogP contribution in [0.1, 0.15) is 0 Å². The van der Waals surface area contributed by atoms with Gasteiger partial charge in [0.1, 0.15) is 5.75 Å². The molecule has 1 aromatic rings. The van der Waals surface area contributed by atoms with E-state index in [-0.39, 0.29) is 0 Å². The van der Waals surface area contributed by atoms with Gasteiger partial charge in [-0.25, -0.2) is 0 Å². The molecule has 0 aliphatic rings. The number of hydrogen-bond acceptors (Lipinski definition) is 3. The molecule has 0 atom stereocenters. The molecule has 0 aliphatic carbocycles. The summed E-state index contributed by atoms with van der Waals surface area (Å²) in [5.74, 6) is 0.504. The third kappa shape index (κ3) is 1.48. The van der Waals surface area contributed by atoms with Crippen LogP contribution in [0.3, 0.4) is 0 Å². The van der Waals surface area contributed by atoms with Crippen molar-refractivity contribution in [3.05, 3.63) is 24.3 Å². The molecule has 3 nitrogen and oxygen atoms in total. The van der Waals surface area contributed by atoms with Crippen molar-refractivity contribution in [1.82, 2.24) is 0 Å². The standard InChI is InChI=1S/C7H7NO2/c8-6-1-3-7(4-2-6)10-5-9/h1-5H,8H2. The molecule has 0 spiro atoms. The van der Waals surface area contributed by atoms with Gasteiger partial charge in [0.25, 0.3) is 6.47 Å². The van der Waals surface area contributed by atoms with E-state index in [0.29, 0.717) is 17.9 Å². The number of nitrogen functional groups attached to an aromatic ring is 1. The van der Waals surface area contributed by atoms with Gasteiger partial charge >= 0.3 is 0 Å². The van der Waals surface area contributed by atoms with Crippen LogP contribution in [0.4, 0.5) is 5.69 Å². The van der Waals surface area contributed by atoms with Gasteiger partial charge in [-0.15, -0.1) is 0 Å². The van der Waals surface area contributed by atoms with E-state index in [1.807, 2.05) is 0 Å². The first-order valence-electron chi connectivity index (χ1n) is 2.79. The van der Waals surface area contributed by atoms with Crippen molar-refractivity contribution in [3.8, 4) is 5.75 Å². The lowest BCUT2D eigenvalue weighted by atomic mass is 10.3. The van der Waals surface area contributed by atoms with Crippen LogP contribution in [0.5, 0.6) is 5.75 Å². The molecular formula is C7H7NO2. The maximum atomic E-state index is 9.81. The highest BCUT2D eigenvalue weighted by molar-refractivity contribution is 5.48. The van der Waals surface area contributed by atoms with Gasteiger partial charge in [0, 0.05) is 5.69 Å². The fourth-order valence-corrected chi connectivity index (χ4v) is 0.602. The largest absolute Gasteiger partial charge is 0.429 e. The average molecular weight is 137 g/mol. The van der Waals surface area contributed by atoms with Crippen molar-refractivity contribution in [2.45, 2.75) is 0 Å². The van der Waals surface area contributed by atoms with Gasteiger partial charge in [-0.05, 0) is 24.3 Å². The van der Waals surface area contributed by atoms with E-state index in [9.17, 15) is 4.79 Å². The molecule has 10 heavy (non-hydrogen) atoms. The Morgan fingerprint density at radius 1 is 1.30 bits per heavy atom. The topological polar surface area (TPSA) is 52.3 Å². The molecule has 1 rings (SSSR count). The summed E-state index contributed by atoms with van der Waals surface area (Å²) in [5, 5.41) is 0. The minimum Gasteiger partial charge on any atom is -0.429 e. The number of nitrogens with two attached hydrogens (primary N) is 1. The van der Waals surface area contributed by atoms with Crippen molar-refractivity contribution in [2.24, 2.45) is 0 Å². The van der Waals surface area contributed by atoms with Crippen LogP contribution in [0.2, 0.25) is 0 Å². The summed E-state index contributed by atoms with van der Waals surface area (Å²) in [6.07, 6.45) is 0. The van der Waals surface area contributed by atoms with Crippen LogP contribution in [0.15, 0.2) is 24.3 Å². The Balaban J connectivity index is 2.78. The van der Waals surface area contributed by atoms with Gasteiger partial charge in [0.15, 0.2) is 0 Å². The molecule has 1 aromatic carbocycles. The molecular weight excluding hydrogens is 130 g/mol. The molecule has 3 heteroatoms. The highest BCUT2D eigenvalue weighted by Gasteiger charge is 1.88. The summed E-state index contributed by atoms with van der Waals surface area (Å²) in [7, 11) is 0. The van der Waals surface area contributed by atoms with Crippen LogP contribution in [-0.4, -0.2) is 6.47 Å². The van der Waals surface area contributed by atoms with E-state index in [1.54, 1.807) is 24.3 Å². The van der Waals surface area contributed by atoms with Gasteiger partial charge < -0.3 is 10.5 Å². The minimum absolute atomic E-state index is 0.380. The van der Waals surface area contributed by atoms with Gasteiger partial charge in [0.05, 0.1) is 0 Å². The van der Waals surface area contributed by atoms with E-state index >= 15 is 0 Å². The van der Waals surface area contributed by atoms with Crippen molar-refractivity contribution < 1.29 is 9.53 Å². The minimum atomic E-state index is 0.380. The molecule has 0 aliphatic heterocycles. The number of hydrogen-bond donors (Lipinski definition) is 1. The second-order valence-corrected chi connectivity index (χ2v) is 1.78.